The third kappa shape index (κ3) is 7.65. The highest BCUT2D eigenvalue weighted by Gasteiger charge is 2.20. The number of halogens is 1. The first-order chi connectivity index (χ1) is 7.11. The molecule has 1 unspecified atom stereocenters. The van der Waals surface area contributed by atoms with Crippen LogP contribution in [-0.2, 0) is 9.53 Å². The number of rotatable bonds is 8. The molecular formula is C11H21FO2S. The summed E-state index contributed by atoms with van der Waals surface area (Å²) in [5, 5.41) is -0.128. The lowest BCUT2D eigenvalue weighted by molar-refractivity contribution is -0.142. The molecule has 0 rings (SSSR count). The molecule has 0 aromatic carbocycles. The predicted octanol–water partition coefficient (Wildman–Crippen LogP) is 3.06. The van der Waals surface area contributed by atoms with Gasteiger partial charge in [-0.3, -0.25) is 9.18 Å². The zero-order valence-electron chi connectivity index (χ0n) is 9.79. The van der Waals surface area contributed by atoms with E-state index in [1.807, 2.05) is 0 Å². The number of carbonyl (C=O) groups excluding carboxylic acids is 1. The number of alkyl halides is 1. The van der Waals surface area contributed by atoms with Crippen LogP contribution in [0.5, 0.6) is 0 Å². The first-order valence-electron chi connectivity index (χ1n) is 5.46. The van der Waals surface area contributed by atoms with E-state index in [9.17, 15) is 9.18 Å². The molecule has 0 heterocycles. The highest BCUT2D eigenvalue weighted by atomic mass is 32.2. The Hall–Kier alpha value is -0.250. The van der Waals surface area contributed by atoms with Gasteiger partial charge in [0.2, 0.25) is 0 Å². The second-order valence-corrected chi connectivity index (χ2v) is 5.09. The van der Waals surface area contributed by atoms with Gasteiger partial charge in [0.25, 0.3) is 0 Å². The molecule has 2 nitrogen and oxygen atoms in total. The van der Waals surface area contributed by atoms with Gasteiger partial charge in [0.15, 0.2) is 0 Å². The number of carbonyl (C=O) groups is 1. The van der Waals surface area contributed by atoms with E-state index >= 15 is 0 Å². The predicted molar refractivity (Wildman–Crippen MR) is 62.9 cm³/mol. The van der Waals surface area contributed by atoms with E-state index in [0.29, 0.717) is 24.7 Å². The molecule has 0 fully saturated rings. The maximum atomic E-state index is 11.9. The summed E-state index contributed by atoms with van der Waals surface area (Å²) in [5.74, 6) is 0.986. The van der Waals surface area contributed by atoms with E-state index in [2.05, 4.69) is 13.8 Å². The normalized spacial score (nSPS) is 12.9. The van der Waals surface area contributed by atoms with Crippen LogP contribution >= 0.6 is 11.8 Å². The highest BCUT2D eigenvalue weighted by Crippen LogP contribution is 2.21. The fourth-order valence-electron chi connectivity index (χ4n) is 1.18. The van der Waals surface area contributed by atoms with Gasteiger partial charge < -0.3 is 4.74 Å². The molecule has 0 aliphatic rings. The van der Waals surface area contributed by atoms with E-state index < -0.39 is 0 Å². The van der Waals surface area contributed by atoms with Crippen molar-refractivity contribution in [1.82, 2.24) is 0 Å². The first kappa shape index (κ1) is 14.8. The number of hydrogen-bond acceptors (Lipinski definition) is 3. The summed E-state index contributed by atoms with van der Waals surface area (Å²) in [6.07, 6.45) is 1.31. The summed E-state index contributed by atoms with van der Waals surface area (Å²) in [5.41, 5.74) is 0. The molecule has 0 N–H and O–H groups in total. The fraction of sp³-hybridized carbons (Fsp3) is 0.909. The smallest absolute Gasteiger partial charge is 0.319 e. The Morgan fingerprint density at radius 1 is 1.47 bits per heavy atom. The fourth-order valence-corrected chi connectivity index (χ4v) is 2.46. The second-order valence-electron chi connectivity index (χ2n) is 3.78. The summed E-state index contributed by atoms with van der Waals surface area (Å²) in [4.78, 5) is 11.5. The molecule has 0 saturated carbocycles. The zero-order valence-corrected chi connectivity index (χ0v) is 10.6. The maximum Gasteiger partial charge on any atom is 0.319 e. The molecule has 15 heavy (non-hydrogen) atoms. The second kappa shape index (κ2) is 9.01. The van der Waals surface area contributed by atoms with Crippen molar-refractivity contribution in [2.24, 2.45) is 5.92 Å². The van der Waals surface area contributed by atoms with Crippen molar-refractivity contribution in [1.29, 1.82) is 0 Å². The minimum absolute atomic E-state index is 0.128. The van der Waals surface area contributed by atoms with Crippen molar-refractivity contribution in [3.8, 4) is 0 Å². The molecule has 4 heteroatoms. The van der Waals surface area contributed by atoms with Crippen LogP contribution in [0.25, 0.3) is 0 Å². The summed E-state index contributed by atoms with van der Waals surface area (Å²) in [7, 11) is 0. The molecule has 90 valence electrons. The van der Waals surface area contributed by atoms with Crippen molar-refractivity contribution in [3.63, 3.8) is 0 Å². The first-order valence-corrected chi connectivity index (χ1v) is 6.50. The third-order valence-electron chi connectivity index (χ3n) is 1.83. The van der Waals surface area contributed by atoms with Crippen LogP contribution in [0.2, 0.25) is 0 Å². The van der Waals surface area contributed by atoms with Crippen molar-refractivity contribution in [2.45, 2.75) is 38.9 Å². The van der Waals surface area contributed by atoms with Crippen LogP contribution in [0, 0.1) is 5.92 Å². The van der Waals surface area contributed by atoms with Gasteiger partial charge in [0.1, 0.15) is 5.25 Å². The molecule has 0 aliphatic heterocycles. The summed E-state index contributed by atoms with van der Waals surface area (Å²) < 4.78 is 16.9. The van der Waals surface area contributed by atoms with Crippen molar-refractivity contribution in [3.05, 3.63) is 0 Å². The summed E-state index contributed by atoms with van der Waals surface area (Å²) >= 11 is 1.51. The molecule has 0 spiro atoms. The van der Waals surface area contributed by atoms with E-state index in [1.54, 1.807) is 6.92 Å². The molecule has 0 aromatic heterocycles. The number of thioether (sulfide) groups is 1. The van der Waals surface area contributed by atoms with Crippen LogP contribution in [0.3, 0.4) is 0 Å². The number of esters is 1. The maximum absolute atomic E-state index is 11.9. The average Bonchev–Trinajstić information content (AvgIpc) is 2.16. The third-order valence-corrected chi connectivity index (χ3v) is 3.14. The van der Waals surface area contributed by atoms with Crippen molar-refractivity contribution < 1.29 is 13.9 Å². The Morgan fingerprint density at radius 3 is 2.60 bits per heavy atom. The number of ether oxygens (including phenoxy) is 1. The minimum atomic E-state index is -0.315. The van der Waals surface area contributed by atoms with Crippen LogP contribution in [-0.4, -0.2) is 30.3 Å². The molecule has 0 radical (unpaired) electrons. The van der Waals surface area contributed by atoms with Crippen molar-refractivity contribution in [2.75, 3.05) is 19.0 Å². The Morgan fingerprint density at radius 2 is 2.13 bits per heavy atom. The summed E-state index contributed by atoms with van der Waals surface area (Å²) in [6, 6.07) is 0. The zero-order chi connectivity index (χ0) is 11.7. The molecule has 0 saturated heterocycles. The van der Waals surface area contributed by atoms with Crippen LogP contribution in [0.15, 0.2) is 0 Å². The van der Waals surface area contributed by atoms with Crippen molar-refractivity contribution >= 4 is 17.7 Å². The van der Waals surface area contributed by atoms with E-state index in [1.165, 1.54) is 11.8 Å². The molecule has 0 aliphatic carbocycles. The van der Waals surface area contributed by atoms with Gasteiger partial charge in [-0.15, -0.1) is 11.8 Å². The summed E-state index contributed by atoms with van der Waals surface area (Å²) in [6.45, 7) is 6.04. The van der Waals surface area contributed by atoms with Gasteiger partial charge >= 0.3 is 5.97 Å². The molecular weight excluding hydrogens is 215 g/mol. The van der Waals surface area contributed by atoms with Crippen LogP contribution in [0.1, 0.15) is 33.6 Å². The minimum Gasteiger partial charge on any atom is -0.465 e. The highest BCUT2D eigenvalue weighted by molar-refractivity contribution is 8.00. The van der Waals surface area contributed by atoms with Crippen LogP contribution < -0.4 is 0 Å². The van der Waals surface area contributed by atoms with E-state index in [-0.39, 0.29) is 17.9 Å². The molecule has 1 atom stereocenters. The SMILES string of the molecule is CCOC(=O)C(CC(C)C)SCCCF. The lowest BCUT2D eigenvalue weighted by Crippen LogP contribution is -2.22. The van der Waals surface area contributed by atoms with Crippen LogP contribution in [0.4, 0.5) is 4.39 Å². The van der Waals surface area contributed by atoms with Gasteiger partial charge in [0, 0.05) is 0 Å². The Bertz CT molecular complexity index is 174. The van der Waals surface area contributed by atoms with E-state index in [4.69, 9.17) is 4.74 Å². The lowest BCUT2D eigenvalue weighted by Gasteiger charge is -2.16. The standard InChI is InChI=1S/C11H21FO2S/c1-4-14-11(13)10(8-9(2)3)15-7-5-6-12/h9-10H,4-8H2,1-3H3. The number of hydrogen-bond donors (Lipinski definition) is 0. The monoisotopic (exact) mass is 236 g/mol. The van der Waals surface area contributed by atoms with Gasteiger partial charge in [-0.25, -0.2) is 0 Å². The van der Waals surface area contributed by atoms with Gasteiger partial charge in [-0.05, 0) is 31.4 Å². The largest absolute Gasteiger partial charge is 0.465 e. The van der Waals surface area contributed by atoms with Gasteiger partial charge in [0.05, 0.1) is 13.3 Å². The van der Waals surface area contributed by atoms with Gasteiger partial charge in [-0.1, -0.05) is 13.8 Å². The molecule has 0 amide bonds. The molecule has 0 bridgehead atoms. The van der Waals surface area contributed by atoms with Gasteiger partial charge in [-0.2, -0.15) is 0 Å². The quantitative estimate of drug-likeness (QED) is 0.478. The van der Waals surface area contributed by atoms with E-state index in [0.717, 1.165) is 6.42 Å². The Labute approximate surface area is 96.0 Å². The Kier molecular flexibility index (Phi) is 8.86. The lowest BCUT2D eigenvalue weighted by atomic mass is 10.1. The topological polar surface area (TPSA) is 26.3 Å². The Balaban J connectivity index is 3.99. The average molecular weight is 236 g/mol. The molecule has 0 aromatic rings.